The zero-order valence-electron chi connectivity index (χ0n) is 10.0. The van der Waals surface area contributed by atoms with Gasteiger partial charge in [0.2, 0.25) is 5.13 Å². The van der Waals surface area contributed by atoms with Crippen molar-refractivity contribution in [1.29, 1.82) is 0 Å². The van der Waals surface area contributed by atoms with Crippen LogP contribution < -0.4 is 5.32 Å². The Balaban J connectivity index is 2.01. The molecule has 0 bridgehead atoms. The Labute approximate surface area is 109 Å². The minimum atomic E-state index is 0.815. The minimum absolute atomic E-state index is 0.815. The van der Waals surface area contributed by atoms with E-state index in [-0.39, 0.29) is 0 Å². The van der Waals surface area contributed by atoms with Crippen LogP contribution in [0.5, 0.6) is 0 Å². The van der Waals surface area contributed by atoms with Gasteiger partial charge in [0.05, 0.1) is 10.8 Å². The standard InChI is InChI=1S/C11H14N4S2/c1-7-4-8(2)13-9(5-7)16-6-10-14-15-11(12-3)17-10/h4-5H,6H2,1-3H3,(H,12,15). The van der Waals surface area contributed by atoms with Gasteiger partial charge in [0.1, 0.15) is 5.01 Å². The van der Waals surface area contributed by atoms with Gasteiger partial charge in [-0.3, -0.25) is 0 Å². The number of hydrogen-bond acceptors (Lipinski definition) is 6. The first-order chi connectivity index (χ1) is 8.17. The number of nitrogens with one attached hydrogen (secondary N) is 1. The topological polar surface area (TPSA) is 50.7 Å². The third kappa shape index (κ3) is 3.41. The summed E-state index contributed by atoms with van der Waals surface area (Å²) in [5.74, 6) is 0.815. The first-order valence-electron chi connectivity index (χ1n) is 5.25. The number of thioether (sulfide) groups is 1. The molecule has 2 aromatic rings. The number of rotatable bonds is 4. The highest BCUT2D eigenvalue weighted by atomic mass is 32.2. The molecule has 6 heteroatoms. The largest absolute Gasteiger partial charge is 0.363 e. The molecule has 2 heterocycles. The van der Waals surface area contributed by atoms with Gasteiger partial charge in [0, 0.05) is 12.7 Å². The predicted octanol–water partition coefficient (Wildman–Crippen LogP) is 2.88. The van der Waals surface area contributed by atoms with E-state index in [0.717, 1.165) is 26.6 Å². The summed E-state index contributed by atoms with van der Waals surface area (Å²) in [6.07, 6.45) is 0. The lowest BCUT2D eigenvalue weighted by atomic mass is 10.3. The molecule has 0 aromatic carbocycles. The molecule has 2 rings (SSSR count). The van der Waals surface area contributed by atoms with E-state index in [9.17, 15) is 0 Å². The van der Waals surface area contributed by atoms with Crippen molar-refractivity contribution in [3.05, 3.63) is 28.4 Å². The number of nitrogens with zero attached hydrogens (tertiary/aromatic N) is 3. The van der Waals surface area contributed by atoms with Crippen molar-refractivity contribution in [2.75, 3.05) is 12.4 Å². The molecule has 0 fully saturated rings. The molecule has 0 radical (unpaired) electrons. The van der Waals surface area contributed by atoms with Gasteiger partial charge in [-0.15, -0.1) is 10.2 Å². The summed E-state index contributed by atoms with van der Waals surface area (Å²) in [5, 5.41) is 14.0. The van der Waals surface area contributed by atoms with E-state index in [1.807, 2.05) is 14.0 Å². The Kier molecular flexibility index (Phi) is 3.96. The number of aromatic nitrogens is 3. The van der Waals surface area contributed by atoms with Crippen molar-refractivity contribution >= 4 is 28.2 Å². The van der Waals surface area contributed by atoms with Crippen molar-refractivity contribution in [1.82, 2.24) is 15.2 Å². The van der Waals surface area contributed by atoms with Gasteiger partial charge in [-0.05, 0) is 31.5 Å². The molecule has 0 spiro atoms. The second-order valence-electron chi connectivity index (χ2n) is 3.66. The second-order valence-corrected chi connectivity index (χ2v) is 5.72. The van der Waals surface area contributed by atoms with Gasteiger partial charge >= 0.3 is 0 Å². The highest BCUT2D eigenvalue weighted by molar-refractivity contribution is 7.98. The van der Waals surface area contributed by atoms with Gasteiger partial charge < -0.3 is 5.32 Å². The Morgan fingerprint density at radius 1 is 1.29 bits per heavy atom. The first-order valence-corrected chi connectivity index (χ1v) is 7.06. The van der Waals surface area contributed by atoms with E-state index < -0.39 is 0 Å². The summed E-state index contributed by atoms with van der Waals surface area (Å²) >= 11 is 3.27. The van der Waals surface area contributed by atoms with Crippen LogP contribution in [0.2, 0.25) is 0 Å². The fraction of sp³-hybridized carbons (Fsp3) is 0.364. The predicted molar refractivity (Wildman–Crippen MR) is 72.7 cm³/mol. The van der Waals surface area contributed by atoms with Crippen LogP contribution in [-0.2, 0) is 5.75 Å². The molecule has 0 saturated heterocycles. The van der Waals surface area contributed by atoms with Crippen molar-refractivity contribution < 1.29 is 0 Å². The second kappa shape index (κ2) is 5.46. The van der Waals surface area contributed by atoms with E-state index in [0.29, 0.717) is 0 Å². The Morgan fingerprint density at radius 3 is 2.76 bits per heavy atom. The lowest BCUT2D eigenvalue weighted by molar-refractivity contribution is 1.03. The number of pyridine rings is 1. The van der Waals surface area contributed by atoms with E-state index in [1.165, 1.54) is 5.56 Å². The average molecular weight is 266 g/mol. The monoisotopic (exact) mass is 266 g/mol. The Bertz CT molecular complexity index is 490. The van der Waals surface area contributed by atoms with Crippen molar-refractivity contribution in [3.8, 4) is 0 Å². The van der Waals surface area contributed by atoms with E-state index in [2.05, 4.69) is 39.6 Å². The summed E-state index contributed by atoms with van der Waals surface area (Å²) in [6.45, 7) is 4.10. The smallest absolute Gasteiger partial charge is 0.205 e. The van der Waals surface area contributed by atoms with Gasteiger partial charge in [-0.1, -0.05) is 23.1 Å². The molecule has 0 aliphatic rings. The fourth-order valence-electron chi connectivity index (χ4n) is 1.43. The van der Waals surface area contributed by atoms with Crippen molar-refractivity contribution in [3.63, 3.8) is 0 Å². The Hall–Kier alpha value is -1.14. The molecule has 0 aliphatic carbocycles. The lowest BCUT2D eigenvalue weighted by Crippen LogP contribution is -1.87. The SMILES string of the molecule is CNc1nnc(CSc2cc(C)cc(C)n2)s1. The van der Waals surface area contributed by atoms with E-state index >= 15 is 0 Å². The molecule has 4 nitrogen and oxygen atoms in total. The maximum atomic E-state index is 4.48. The summed E-state index contributed by atoms with van der Waals surface area (Å²) < 4.78 is 0. The minimum Gasteiger partial charge on any atom is -0.363 e. The van der Waals surface area contributed by atoms with Crippen LogP contribution in [-0.4, -0.2) is 22.2 Å². The normalized spacial score (nSPS) is 10.5. The quantitative estimate of drug-likeness (QED) is 0.862. The Morgan fingerprint density at radius 2 is 2.12 bits per heavy atom. The average Bonchev–Trinajstić information content (AvgIpc) is 2.73. The van der Waals surface area contributed by atoms with E-state index in [4.69, 9.17) is 0 Å². The molecule has 0 aliphatic heterocycles. The van der Waals surface area contributed by atoms with E-state index in [1.54, 1.807) is 23.1 Å². The summed E-state index contributed by atoms with van der Waals surface area (Å²) in [5.41, 5.74) is 2.30. The molecule has 0 amide bonds. The van der Waals surface area contributed by atoms with Crippen LogP contribution in [0.25, 0.3) is 0 Å². The lowest BCUT2D eigenvalue weighted by Gasteiger charge is -2.01. The highest BCUT2D eigenvalue weighted by Gasteiger charge is 2.04. The van der Waals surface area contributed by atoms with Crippen LogP contribution in [0.15, 0.2) is 17.2 Å². The third-order valence-electron chi connectivity index (χ3n) is 2.10. The van der Waals surface area contributed by atoms with Crippen LogP contribution in [0.3, 0.4) is 0 Å². The molecule has 0 saturated carbocycles. The maximum Gasteiger partial charge on any atom is 0.205 e. The molecular formula is C11H14N4S2. The number of hydrogen-bond donors (Lipinski definition) is 1. The van der Waals surface area contributed by atoms with Crippen LogP contribution in [0.1, 0.15) is 16.3 Å². The molecule has 0 atom stereocenters. The molecule has 90 valence electrons. The van der Waals surface area contributed by atoms with Crippen LogP contribution in [0.4, 0.5) is 5.13 Å². The number of aryl methyl sites for hydroxylation is 2. The van der Waals surface area contributed by atoms with Crippen molar-refractivity contribution in [2.45, 2.75) is 24.6 Å². The van der Waals surface area contributed by atoms with Crippen LogP contribution >= 0.6 is 23.1 Å². The molecule has 2 aromatic heterocycles. The van der Waals surface area contributed by atoms with Crippen molar-refractivity contribution in [2.24, 2.45) is 0 Å². The van der Waals surface area contributed by atoms with Gasteiger partial charge in [0.15, 0.2) is 0 Å². The van der Waals surface area contributed by atoms with Gasteiger partial charge in [0.25, 0.3) is 0 Å². The molecule has 17 heavy (non-hydrogen) atoms. The molecule has 1 N–H and O–H groups in total. The summed E-state index contributed by atoms with van der Waals surface area (Å²) in [7, 11) is 1.85. The third-order valence-corrected chi connectivity index (χ3v) is 4.14. The summed E-state index contributed by atoms with van der Waals surface area (Å²) in [6, 6.07) is 4.17. The van der Waals surface area contributed by atoms with Gasteiger partial charge in [-0.2, -0.15) is 0 Å². The van der Waals surface area contributed by atoms with Crippen LogP contribution in [0, 0.1) is 13.8 Å². The summed E-state index contributed by atoms with van der Waals surface area (Å²) in [4.78, 5) is 4.48. The fourth-order valence-corrected chi connectivity index (χ4v) is 3.13. The van der Waals surface area contributed by atoms with Gasteiger partial charge in [-0.25, -0.2) is 4.98 Å². The molecule has 0 unspecified atom stereocenters. The maximum absolute atomic E-state index is 4.48. The highest BCUT2D eigenvalue weighted by Crippen LogP contribution is 2.25. The molecular weight excluding hydrogens is 252 g/mol. The first kappa shape index (κ1) is 12.3. The number of anilines is 1. The zero-order chi connectivity index (χ0) is 12.3. The zero-order valence-corrected chi connectivity index (χ0v) is 11.7.